The Morgan fingerprint density at radius 2 is 1.39 bits per heavy atom. The molecule has 0 saturated heterocycles. The van der Waals surface area contributed by atoms with Crippen molar-refractivity contribution >= 4 is 55.5 Å². The summed E-state index contributed by atoms with van der Waals surface area (Å²) in [5.41, 5.74) is 9.08. The monoisotopic (exact) mass is 838 g/mol. The summed E-state index contributed by atoms with van der Waals surface area (Å²) in [6.45, 7) is 2.10. The number of fused-ring (bicyclic) bond motifs is 5. The average molecular weight is 839 g/mol. The van der Waals surface area contributed by atoms with Gasteiger partial charge in [-0.3, -0.25) is 0 Å². The van der Waals surface area contributed by atoms with Crippen molar-refractivity contribution < 1.29 is 30.2 Å². The zero-order chi connectivity index (χ0) is 33.0. The van der Waals surface area contributed by atoms with Crippen molar-refractivity contribution in [2.75, 3.05) is 9.80 Å². The van der Waals surface area contributed by atoms with Gasteiger partial charge in [-0.1, -0.05) is 78.3 Å². The Bertz CT molecular complexity index is 2690. The molecule has 0 saturated carbocycles. The molecule has 4 heterocycles. The van der Waals surface area contributed by atoms with Gasteiger partial charge in [-0.25, -0.2) is 4.98 Å². The Morgan fingerprint density at radius 3 is 2.24 bits per heavy atom. The molecule has 51 heavy (non-hydrogen) atoms. The van der Waals surface area contributed by atoms with E-state index in [4.69, 9.17) is 14.1 Å². The molecule has 0 bridgehead atoms. The first kappa shape index (κ1) is 30.9. The molecule has 6 nitrogen and oxygen atoms in total. The number of ether oxygens (including phenoxy) is 1. The SMILES string of the molecule is [Pt].[c-]1c(Oc2[c-]c3c(cc2)c2cc(-c4ccccc4)ccc2n3-c2cc3occc3cn2)cccc1N1[CH-]N(c2ccccc2)c2ccccc21. The van der Waals surface area contributed by atoms with Gasteiger partial charge in [0.15, 0.2) is 0 Å². The minimum atomic E-state index is 0. The second-order valence-corrected chi connectivity index (χ2v) is 12.2. The van der Waals surface area contributed by atoms with Crippen LogP contribution < -0.4 is 14.5 Å². The normalized spacial score (nSPS) is 12.4. The maximum atomic E-state index is 6.51. The van der Waals surface area contributed by atoms with Crippen molar-refractivity contribution in [3.63, 3.8) is 0 Å². The van der Waals surface area contributed by atoms with Crippen LogP contribution in [0.2, 0.25) is 0 Å². The predicted octanol–water partition coefficient (Wildman–Crippen LogP) is 11.4. The quantitative estimate of drug-likeness (QED) is 0.156. The summed E-state index contributed by atoms with van der Waals surface area (Å²) in [5.74, 6) is 1.91. The first-order valence-electron chi connectivity index (χ1n) is 16.4. The largest absolute Gasteiger partial charge is 0.509 e. The Balaban J connectivity index is 0.00000348. The Hall–Kier alpha value is -6.10. The van der Waals surface area contributed by atoms with E-state index in [1.54, 1.807) is 6.26 Å². The number of aromatic nitrogens is 2. The standard InChI is InChI=1S/C44H27N4O2.Pt/c1-3-10-30(11-4-1)31-18-21-39-38(24-31)37-20-19-36(26-42(37)48(39)44-27-43-32(28-45-44)22-23-49-43)50-35-15-9-14-34(25-35)47-29-46(33-12-5-2-6-13-33)40-16-7-8-17-41(40)47;/h1-24,27-29H;/q-3;. The molecule has 1 aliphatic heterocycles. The summed E-state index contributed by atoms with van der Waals surface area (Å²) in [6.07, 6.45) is 3.53. The van der Waals surface area contributed by atoms with Crippen LogP contribution in [0.15, 0.2) is 162 Å². The van der Waals surface area contributed by atoms with E-state index in [1.165, 1.54) is 0 Å². The van der Waals surface area contributed by atoms with E-state index in [2.05, 4.69) is 130 Å². The number of furan rings is 1. The molecule has 9 aromatic rings. The van der Waals surface area contributed by atoms with E-state index in [0.29, 0.717) is 11.5 Å². The van der Waals surface area contributed by atoms with Crippen molar-refractivity contribution in [3.05, 3.63) is 177 Å². The molecule has 6 aromatic carbocycles. The molecule has 248 valence electrons. The summed E-state index contributed by atoms with van der Waals surface area (Å²) in [6, 6.07) is 56.7. The molecule has 0 radical (unpaired) electrons. The van der Waals surface area contributed by atoms with Gasteiger partial charge in [-0.15, -0.1) is 48.1 Å². The van der Waals surface area contributed by atoms with Crippen molar-refractivity contribution in [2.24, 2.45) is 0 Å². The maximum Gasteiger partial charge on any atom is 0.139 e. The third-order valence-electron chi connectivity index (χ3n) is 9.21. The van der Waals surface area contributed by atoms with Gasteiger partial charge in [0.25, 0.3) is 0 Å². The predicted molar refractivity (Wildman–Crippen MR) is 199 cm³/mol. The number of hydrogen-bond acceptors (Lipinski definition) is 5. The van der Waals surface area contributed by atoms with Gasteiger partial charge in [-0.05, 0) is 52.9 Å². The third kappa shape index (κ3) is 5.36. The smallest absolute Gasteiger partial charge is 0.139 e. The number of para-hydroxylation sites is 3. The van der Waals surface area contributed by atoms with E-state index in [-0.39, 0.29) is 21.1 Å². The van der Waals surface area contributed by atoms with E-state index in [0.717, 1.165) is 72.5 Å². The zero-order valence-corrected chi connectivity index (χ0v) is 29.3. The van der Waals surface area contributed by atoms with Gasteiger partial charge in [0, 0.05) is 72.8 Å². The third-order valence-corrected chi connectivity index (χ3v) is 9.21. The summed E-state index contributed by atoms with van der Waals surface area (Å²) >= 11 is 0. The first-order chi connectivity index (χ1) is 24.8. The number of benzene rings is 6. The molecular formula is C44H27N4O2Pt-3. The van der Waals surface area contributed by atoms with Crippen LogP contribution in [-0.2, 0) is 21.1 Å². The number of rotatable bonds is 6. The van der Waals surface area contributed by atoms with Crippen LogP contribution in [0.3, 0.4) is 0 Å². The summed E-state index contributed by atoms with van der Waals surface area (Å²) < 4.78 is 14.4. The van der Waals surface area contributed by atoms with Gasteiger partial charge in [-0.2, -0.15) is 12.1 Å². The Labute approximate surface area is 309 Å². The molecule has 0 fully saturated rings. The fraction of sp³-hybridized carbons (Fsp3) is 0. The minimum absolute atomic E-state index is 0. The van der Waals surface area contributed by atoms with Crippen LogP contribution in [-0.4, -0.2) is 9.55 Å². The van der Waals surface area contributed by atoms with Gasteiger partial charge >= 0.3 is 0 Å². The van der Waals surface area contributed by atoms with Crippen LogP contribution in [0.25, 0.3) is 49.7 Å². The summed E-state index contributed by atoms with van der Waals surface area (Å²) in [4.78, 5) is 9.17. The molecule has 10 rings (SSSR count). The molecule has 1 aliphatic rings. The second kappa shape index (κ2) is 12.7. The molecule has 0 spiro atoms. The topological polar surface area (TPSA) is 46.7 Å². The summed E-state index contributed by atoms with van der Waals surface area (Å²) in [5, 5.41) is 3.10. The van der Waals surface area contributed by atoms with E-state index >= 15 is 0 Å². The number of hydrogen-bond donors (Lipinski definition) is 0. The van der Waals surface area contributed by atoms with Crippen LogP contribution in [0.4, 0.5) is 22.7 Å². The Kier molecular flexibility index (Phi) is 7.67. The fourth-order valence-electron chi connectivity index (χ4n) is 6.85. The van der Waals surface area contributed by atoms with E-state index < -0.39 is 0 Å². The molecular weight excluding hydrogens is 812 g/mol. The molecule has 0 aliphatic carbocycles. The van der Waals surface area contributed by atoms with E-state index in [9.17, 15) is 0 Å². The number of pyridine rings is 1. The molecule has 0 amide bonds. The van der Waals surface area contributed by atoms with Gasteiger partial charge < -0.3 is 23.5 Å². The maximum absolute atomic E-state index is 6.51. The minimum Gasteiger partial charge on any atom is -0.509 e. The van der Waals surface area contributed by atoms with Crippen LogP contribution in [0.1, 0.15) is 0 Å². The van der Waals surface area contributed by atoms with Crippen molar-refractivity contribution in [3.8, 4) is 28.4 Å². The molecule has 0 N–H and O–H groups in total. The van der Waals surface area contributed by atoms with Crippen LogP contribution in [0, 0.1) is 18.8 Å². The molecule has 0 unspecified atom stereocenters. The Morgan fingerprint density at radius 1 is 0.627 bits per heavy atom. The van der Waals surface area contributed by atoms with Gasteiger partial charge in [0.1, 0.15) is 11.4 Å². The van der Waals surface area contributed by atoms with Crippen LogP contribution >= 0.6 is 0 Å². The van der Waals surface area contributed by atoms with Gasteiger partial charge in [0.2, 0.25) is 0 Å². The van der Waals surface area contributed by atoms with Crippen molar-refractivity contribution in [1.82, 2.24) is 9.55 Å². The second-order valence-electron chi connectivity index (χ2n) is 12.2. The first-order valence-corrected chi connectivity index (χ1v) is 16.4. The van der Waals surface area contributed by atoms with E-state index in [1.807, 2.05) is 54.7 Å². The number of nitrogens with zero attached hydrogens (tertiary/aromatic N) is 4. The fourth-order valence-corrected chi connectivity index (χ4v) is 6.85. The molecule has 3 aromatic heterocycles. The summed E-state index contributed by atoms with van der Waals surface area (Å²) in [7, 11) is 0. The number of anilines is 4. The van der Waals surface area contributed by atoms with Crippen molar-refractivity contribution in [2.45, 2.75) is 0 Å². The average Bonchev–Trinajstić information content (AvgIpc) is 3.89. The zero-order valence-electron chi connectivity index (χ0n) is 27.0. The van der Waals surface area contributed by atoms with Gasteiger partial charge in [0.05, 0.1) is 6.26 Å². The molecule has 7 heteroatoms. The van der Waals surface area contributed by atoms with Crippen LogP contribution in [0.5, 0.6) is 11.5 Å². The molecule has 0 atom stereocenters. The van der Waals surface area contributed by atoms with Crippen molar-refractivity contribution in [1.29, 1.82) is 0 Å².